The van der Waals surface area contributed by atoms with Gasteiger partial charge < -0.3 is 19.7 Å². The molecule has 1 heterocycles. The zero-order chi connectivity index (χ0) is 25.9. The van der Waals surface area contributed by atoms with Crippen LogP contribution >= 0.6 is 11.6 Å². The molecule has 0 saturated heterocycles. The first-order valence-corrected chi connectivity index (χ1v) is 14.1. The number of sulfonamides is 1. The highest BCUT2D eigenvalue weighted by Crippen LogP contribution is 2.36. The lowest BCUT2D eigenvalue weighted by Gasteiger charge is -2.32. The summed E-state index contributed by atoms with van der Waals surface area (Å²) in [5.74, 6) is 0.0743. The lowest BCUT2D eigenvalue weighted by atomic mass is 10.1. The van der Waals surface area contributed by atoms with Crippen molar-refractivity contribution < 1.29 is 27.5 Å². The number of rotatable bonds is 9. The van der Waals surface area contributed by atoms with Crippen molar-refractivity contribution in [3.63, 3.8) is 0 Å². The predicted octanol–water partition coefficient (Wildman–Crippen LogP) is 3.31. The number of nitrogens with one attached hydrogen (secondary N) is 1. The largest absolute Gasteiger partial charge is 0.454 e. The van der Waals surface area contributed by atoms with Gasteiger partial charge in [-0.05, 0) is 43.5 Å². The number of hydrogen-bond acceptors (Lipinski definition) is 6. The van der Waals surface area contributed by atoms with Gasteiger partial charge >= 0.3 is 0 Å². The fraction of sp³-hybridized carbons (Fsp3) is 0.440. The molecule has 0 bridgehead atoms. The number of fused-ring (bicyclic) bond motifs is 1. The average molecular weight is 536 g/mol. The van der Waals surface area contributed by atoms with Crippen LogP contribution in [0, 0.1) is 0 Å². The Morgan fingerprint density at radius 3 is 2.50 bits per heavy atom. The molecule has 0 aromatic heterocycles. The van der Waals surface area contributed by atoms with E-state index in [0.29, 0.717) is 22.1 Å². The summed E-state index contributed by atoms with van der Waals surface area (Å²) in [6, 6.07) is 11.0. The fourth-order valence-electron chi connectivity index (χ4n) is 4.44. The van der Waals surface area contributed by atoms with Crippen LogP contribution in [0.2, 0.25) is 5.02 Å². The van der Waals surface area contributed by atoms with Gasteiger partial charge in [0.25, 0.3) is 0 Å². The maximum absolute atomic E-state index is 13.6. The standard InChI is InChI=1S/C25H30ClN3O6S/c1-17(25(31)27-19-8-4-5-9-19)28(14-18-7-3-6-10-21(18)26)24(30)15-29(36(2,32)33)20-11-12-22-23(13-20)35-16-34-22/h3,6-7,10-13,17,19H,4-5,8-9,14-16H2,1-2H3,(H,27,31)/t17-/m0/s1. The lowest BCUT2D eigenvalue weighted by Crippen LogP contribution is -2.52. The van der Waals surface area contributed by atoms with Crippen molar-refractivity contribution in [3.8, 4) is 11.5 Å². The second kappa shape index (κ2) is 11.0. The predicted molar refractivity (Wildman–Crippen MR) is 137 cm³/mol. The van der Waals surface area contributed by atoms with Crippen molar-refractivity contribution in [2.45, 2.75) is 51.2 Å². The summed E-state index contributed by atoms with van der Waals surface area (Å²) in [5.41, 5.74) is 0.915. The summed E-state index contributed by atoms with van der Waals surface area (Å²) < 4.78 is 37.1. The van der Waals surface area contributed by atoms with Crippen LogP contribution in [0.15, 0.2) is 42.5 Å². The van der Waals surface area contributed by atoms with E-state index in [-0.39, 0.29) is 31.0 Å². The summed E-state index contributed by atoms with van der Waals surface area (Å²) in [5, 5.41) is 3.48. The molecule has 11 heteroatoms. The van der Waals surface area contributed by atoms with Crippen molar-refractivity contribution in [1.82, 2.24) is 10.2 Å². The first-order valence-electron chi connectivity index (χ1n) is 11.8. The number of carbonyl (C=O) groups is 2. The van der Waals surface area contributed by atoms with Gasteiger partial charge in [0.15, 0.2) is 11.5 Å². The summed E-state index contributed by atoms with van der Waals surface area (Å²) in [6.07, 6.45) is 4.95. The van der Waals surface area contributed by atoms with Crippen LogP contribution in [0.3, 0.4) is 0 Å². The minimum absolute atomic E-state index is 0.0375. The summed E-state index contributed by atoms with van der Waals surface area (Å²) in [6.45, 7) is 1.24. The van der Waals surface area contributed by atoms with Crippen molar-refractivity contribution in [1.29, 1.82) is 0 Å². The number of hydrogen-bond donors (Lipinski definition) is 1. The molecule has 36 heavy (non-hydrogen) atoms. The van der Waals surface area contributed by atoms with Crippen LogP contribution in [0.1, 0.15) is 38.2 Å². The van der Waals surface area contributed by atoms with E-state index in [1.165, 1.54) is 11.0 Å². The molecule has 1 N–H and O–H groups in total. The van der Waals surface area contributed by atoms with E-state index in [0.717, 1.165) is 36.2 Å². The van der Waals surface area contributed by atoms with E-state index in [9.17, 15) is 18.0 Å². The summed E-state index contributed by atoms with van der Waals surface area (Å²) in [4.78, 5) is 28.1. The highest BCUT2D eigenvalue weighted by atomic mass is 35.5. The molecule has 1 fully saturated rings. The van der Waals surface area contributed by atoms with E-state index < -0.39 is 28.5 Å². The topological polar surface area (TPSA) is 105 Å². The Morgan fingerprint density at radius 2 is 1.81 bits per heavy atom. The van der Waals surface area contributed by atoms with Crippen LogP contribution in [-0.4, -0.2) is 56.8 Å². The zero-order valence-electron chi connectivity index (χ0n) is 20.3. The molecular weight excluding hydrogens is 506 g/mol. The van der Waals surface area contributed by atoms with Gasteiger partial charge in [-0.2, -0.15) is 0 Å². The van der Waals surface area contributed by atoms with Gasteiger partial charge in [-0.25, -0.2) is 8.42 Å². The maximum Gasteiger partial charge on any atom is 0.244 e. The molecule has 4 rings (SSSR count). The van der Waals surface area contributed by atoms with Crippen molar-refractivity contribution >= 4 is 39.1 Å². The molecule has 1 aliphatic carbocycles. The van der Waals surface area contributed by atoms with E-state index in [1.54, 1.807) is 43.3 Å². The second-order valence-electron chi connectivity index (χ2n) is 9.09. The third-order valence-corrected chi connectivity index (χ3v) is 8.00. The molecule has 0 spiro atoms. The van der Waals surface area contributed by atoms with Crippen molar-refractivity contribution in [3.05, 3.63) is 53.1 Å². The Labute approximate surface area is 216 Å². The molecule has 2 aromatic carbocycles. The zero-order valence-corrected chi connectivity index (χ0v) is 21.8. The first kappa shape index (κ1) is 26.1. The Bertz CT molecular complexity index is 1230. The molecule has 2 aliphatic rings. The molecule has 1 saturated carbocycles. The summed E-state index contributed by atoms with van der Waals surface area (Å²) >= 11 is 6.35. The second-order valence-corrected chi connectivity index (χ2v) is 11.4. The Hall–Kier alpha value is -2.98. The quantitative estimate of drug-likeness (QED) is 0.528. The SMILES string of the molecule is C[C@@H](C(=O)NC1CCCC1)N(Cc1ccccc1Cl)C(=O)CN(c1ccc2c(c1)OCO2)S(C)(=O)=O. The molecule has 0 unspecified atom stereocenters. The van der Waals surface area contributed by atoms with Crippen LogP contribution in [0.4, 0.5) is 5.69 Å². The van der Waals surface area contributed by atoms with Crippen LogP contribution in [0.25, 0.3) is 0 Å². The number of nitrogens with zero attached hydrogens (tertiary/aromatic N) is 2. The van der Waals surface area contributed by atoms with E-state index in [2.05, 4.69) is 5.32 Å². The number of carbonyl (C=O) groups excluding carboxylic acids is 2. The smallest absolute Gasteiger partial charge is 0.244 e. The molecule has 1 aliphatic heterocycles. The molecule has 194 valence electrons. The normalized spacial score (nSPS) is 16.0. The van der Waals surface area contributed by atoms with Gasteiger partial charge in [-0.1, -0.05) is 42.6 Å². The molecule has 2 aromatic rings. The maximum atomic E-state index is 13.6. The number of halogens is 1. The minimum atomic E-state index is -3.85. The van der Waals surface area contributed by atoms with Crippen molar-refractivity contribution in [2.75, 3.05) is 23.9 Å². The van der Waals surface area contributed by atoms with Crippen LogP contribution < -0.4 is 19.1 Å². The van der Waals surface area contributed by atoms with Gasteiger partial charge in [0.1, 0.15) is 12.6 Å². The Balaban J connectivity index is 1.60. The van der Waals surface area contributed by atoms with Gasteiger partial charge in [0, 0.05) is 23.7 Å². The van der Waals surface area contributed by atoms with E-state index in [1.807, 2.05) is 0 Å². The number of benzene rings is 2. The molecular formula is C25H30ClN3O6S. The molecule has 0 radical (unpaired) electrons. The Kier molecular flexibility index (Phi) is 7.94. The van der Waals surface area contributed by atoms with Gasteiger partial charge in [0.2, 0.25) is 28.6 Å². The number of anilines is 1. The van der Waals surface area contributed by atoms with Crippen LogP contribution in [-0.2, 0) is 26.2 Å². The third kappa shape index (κ3) is 6.04. The first-order chi connectivity index (χ1) is 17.1. The lowest BCUT2D eigenvalue weighted by molar-refractivity contribution is -0.139. The highest BCUT2D eigenvalue weighted by molar-refractivity contribution is 7.92. The third-order valence-electron chi connectivity index (χ3n) is 6.49. The minimum Gasteiger partial charge on any atom is -0.454 e. The van der Waals surface area contributed by atoms with Gasteiger partial charge in [-0.15, -0.1) is 0 Å². The highest BCUT2D eigenvalue weighted by Gasteiger charge is 2.32. The number of ether oxygens (including phenoxy) is 2. The molecule has 2 amide bonds. The van der Waals surface area contributed by atoms with Crippen LogP contribution in [0.5, 0.6) is 11.5 Å². The Morgan fingerprint density at radius 1 is 1.11 bits per heavy atom. The van der Waals surface area contributed by atoms with E-state index in [4.69, 9.17) is 21.1 Å². The number of amides is 2. The van der Waals surface area contributed by atoms with Crippen molar-refractivity contribution in [2.24, 2.45) is 0 Å². The molecule has 1 atom stereocenters. The van der Waals surface area contributed by atoms with Gasteiger partial charge in [0.05, 0.1) is 11.9 Å². The van der Waals surface area contributed by atoms with Gasteiger partial charge in [-0.3, -0.25) is 13.9 Å². The average Bonchev–Trinajstić information content (AvgIpc) is 3.52. The monoisotopic (exact) mass is 535 g/mol. The summed E-state index contributed by atoms with van der Waals surface area (Å²) in [7, 11) is -3.85. The van der Waals surface area contributed by atoms with E-state index >= 15 is 0 Å². The molecule has 9 nitrogen and oxygen atoms in total. The fourth-order valence-corrected chi connectivity index (χ4v) is 5.48.